The van der Waals surface area contributed by atoms with Gasteiger partial charge in [-0.3, -0.25) is 10.1 Å². The van der Waals surface area contributed by atoms with Crippen LogP contribution >= 0.6 is 11.3 Å². The van der Waals surface area contributed by atoms with Gasteiger partial charge in [0.05, 0.1) is 11.8 Å². The normalized spacial score (nSPS) is 10.8. The van der Waals surface area contributed by atoms with Crippen molar-refractivity contribution in [3.63, 3.8) is 0 Å². The Morgan fingerprint density at radius 1 is 1.07 bits per heavy atom. The van der Waals surface area contributed by atoms with Crippen LogP contribution in [0.4, 0.5) is 5.13 Å². The van der Waals surface area contributed by atoms with Crippen molar-refractivity contribution < 1.29 is 14.3 Å². The van der Waals surface area contributed by atoms with Gasteiger partial charge in [-0.05, 0) is 62.2 Å². The molecule has 0 aliphatic heterocycles. The van der Waals surface area contributed by atoms with Gasteiger partial charge in [-0.2, -0.15) is 0 Å². The van der Waals surface area contributed by atoms with Gasteiger partial charge < -0.3 is 9.47 Å². The maximum Gasteiger partial charge on any atom is 0.264 e. The fourth-order valence-electron chi connectivity index (χ4n) is 2.79. The molecule has 29 heavy (non-hydrogen) atoms. The maximum atomic E-state index is 12.2. The van der Waals surface area contributed by atoms with E-state index in [-0.39, 0.29) is 18.6 Å². The van der Waals surface area contributed by atoms with Crippen LogP contribution in [0, 0.1) is 0 Å². The van der Waals surface area contributed by atoms with Gasteiger partial charge in [0.1, 0.15) is 11.5 Å². The lowest BCUT2D eigenvalue weighted by Gasteiger charge is -2.09. The van der Waals surface area contributed by atoms with Crippen molar-refractivity contribution in [2.75, 3.05) is 11.9 Å². The first-order valence-electron chi connectivity index (χ1n) is 9.77. The van der Waals surface area contributed by atoms with Gasteiger partial charge in [-0.1, -0.05) is 25.5 Å². The number of aryl methyl sites for hydroxylation is 1. The standard InChI is InChI=1S/C23H26N2O3S/c1-4-5-17-6-10-19(11-7-17)27-14-22(26)25-23-24-21(15-29-23)18-8-12-20(13-9-18)28-16(2)3/h6-13,15-16H,4-5,14H2,1-3H3,(H,24,25,26). The fraction of sp³-hybridized carbons (Fsp3) is 0.304. The minimum absolute atomic E-state index is 0.0523. The molecule has 3 rings (SSSR count). The molecule has 0 bridgehead atoms. The van der Waals surface area contributed by atoms with Crippen molar-refractivity contribution in [1.29, 1.82) is 0 Å². The number of benzene rings is 2. The summed E-state index contributed by atoms with van der Waals surface area (Å²) in [4.78, 5) is 16.7. The van der Waals surface area contributed by atoms with E-state index in [4.69, 9.17) is 9.47 Å². The highest BCUT2D eigenvalue weighted by Gasteiger charge is 2.09. The maximum absolute atomic E-state index is 12.2. The Morgan fingerprint density at radius 2 is 1.76 bits per heavy atom. The summed E-state index contributed by atoms with van der Waals surface area (Å²) in [5.74, 6) is 1.28. The van der Waals surface area contributed by atoms with E-state index < -0.39 is 0 Å². The summed E-state index contributed by atoms with van der Waals surface area (Å²) in [5, 5.41) is 5.26. The van der Waals surface area contributed by atoms with Gasteiger partial charge in [-0.25, -0.2) is 4.98 Å². The molecule has 1 heterocycles. The quantitative estimate of drug-likeness (QED) is 0.501. The molecule has 0 radical (unpaired) electrons. The Labute approximate surface area is 175 Å². The van der Waals surface area contributed by atoms with Gasteiger partial charge in [0.25, 0.3) is 5.91 Å². The first-order valence-corrected chi connectivity index (χ1v) is 10.7. The van der Waals surface area contributed by atoms with E-state index in [2.05, 4.69) is 17.2 Å². The molecule has 1 N–H and O–H groups in total. The van der Waals surface area contributed by atoms with Crippen LogP contribution in [-0.4, -0.2) is 23.6 Å². The third-order valence-electron chi connectivity index (χ3n) is 4.10. The molecule has 0 spiro atoms. The molecule has 152 valence electrons. The molecule has 2 aromatic carbocycles. The molecule has 0 fully saturated rings. The number of ether oxygens (including phenoxy) is 2. The number of anilines is 1. The minimum atomic E-state index is -0.232. The molecule has 6 heteroatoms. The van der Waals surface area contributed by atoms with Crippen LogP contribution in [0.2, 0.25) is 0 Å². The molecule has 3 aromatic rings. The molecular formula is C23H26N2O3S. The number of rotatable bonds is 9. The van der Waals surface area contributed by atoms with E-state index in [9.17, 15) is 4.79 Å². The van der Waals surface area contributed by atoms with Crippen LogP contribution in [0.1, 0.15) is 32.8 Å². The second kappa shape index (κ2) is 10.1. The Bertz CT molecular complexity index is 918. The van der Waals surface area contributed by atoms with Crippen LogP contribution in [0.5, 0.6) is 11.5 Å². The number of thiazole rings is 1. The predicted molar refractivity (Wildman–Crippen MR) is 118 cm³/mol. The van der Waals surface area contributed by atoms with Gasteiger partial charge in [-0.15, -0.1) is 11.3 Å². The monoisotopic (exact) mass is 410 g/mol. The van der Waals surface area contributed by atoms with E-state index >= 15 is 0 Å². The van der Waals surface area contributed by atoms with Crippen LogP contribution in [0.3, 0.4) is 0 Å². The van der Waals surface area contributed by atoms with Gasteiger partial charge in [0.2, 0.25) is 0 Å². The zero-order valence-electron chi connectivity index (χ0n) is 17.0. The van der Waals surface area contributed by atoms with Gasteiger partial charge in [0.15, 0.2) is 11.7 Å². The number of nitrogens with one attached hydrogen (secondary N) is 1. The summed E-state index contributed by atoms with van der Waals surface area (Å²) < 4.78 is 11.2. The third kappa shape index (κ3) is 6.32. The summed E-state index contributed by atoms with van der Waals surface area (Å²) >= 11 is 1.39. The summed E-state index contributed by atoms with van der Waals surface area (Å²) in [6.07, 6.45) is 2.29. The molecule has 0 saturated carbocycles. The highest BCUT2D eigenvalue weighted by molar-refractivity contribution is 7.14. The third-order valence-corrected chi connectivity index (χ3v) is 4.86. The number of aromatic nitrogens is 1. The van der Waals surface area contributed by atoms with E-state index in [1.807, 2.05) is 67.8 Å². The first kappa shape index (κ1) is 20.9. The van der Waals surface area contributed by atoms with Crippen LogP contribution in [-0.2, 0) is 11.2 Å². The Balaban J connectivity index is 1.52. The first-order chi connectivity index (χ1) is 14.0. The smallest absolute Gasteiger partial charge is 0.264 e. The van der Waals surface area contributed by atoms with Crippen molar-refractivity contribution in [3.05, 3.63) is 59.5 Å². The lowest BCUT2D eigenvalue weighted by molar-refractivity contribution is -0.118. The van der Waals surface area contributed by atoms with Crippen molar-refractivity contribution in [2.45, 2.75) is 39.7 Å². The average Bonchev–Trinajstić information content (AvgIpc) is 3.16. The molecule has 0 aliphatic rings. The lowest BCUT2D eigenvalue weighted by Crippen LogP contribution is -2.20. The summed E-state index contributed by atoms with van der Waals surface area (Å²) in [6.45, 7) is 6.08. The van der Waals surface area contributed by atoms with E-state index in [0.717, 1.165) is 29.8 Å². The van der Waals surface area contributed by atoms with Crippen molar-refractivity contribution >= 4 is 22.4 Å². The Morgan fingerprint density at radius 3 is 2.41 bits per heavy atom. The molecule has 0 saturated heterocycles. The summed E-state index contributed by atoms with van der Waals surface area (Å²) in [6, 6.07) is 15.6. The van der Waals surface area contributed by atoms with E-state index in [1.165, 1.54) is 16.9 Å². The van der Waals surface area contributed by atoms with Gasteiger partial charge in [0, 0.05) is 10.9 Å². The van der Waals surface area contributed by atoms with Crippen molar-refractivity contribution in [1.82, 2.24) is 4.98 Å². The number of carbonyl (C=O) groups excluding carboxylic acids is 1. The van der Waals surface area contributed by atoms with E-state index in [1.54, 1.807) is 0 Å². The van der Waals surface area contributed by atoms with Crippen LogP contribution < -0.4 is 14.8 Å². The number of hydrogen-bond acceptors (Lipinski definition) is 5. The number of nitrogens with zero attached hydrogens (tertiary/aromatic N) is 1. The molecule has 1 amide bonds. The molecule has 0 atom stereocenters. The topological polar surface area (TPSA) is 60.5 Å². The zero-order chi connectivity index (χ0) is 20.6. The average molecular weight is 411 g/mol. The number of carbonyl (C=O) groups is 1. The fourth-order valence-corrected chi connectivity index (χ4v) is 3.52. The second-order valence-corrected chi connectivity index (χ2v) is 7.82. The zero-order valence-corrected chi connectivity index (χ0v) is 17.8. The Kier molecular flexibility index (Phi) is 7.25. The molecule has 0 aliphatic carbocycles. The van der Waals surface area contributed by atoms with E-state index in [0.29, 0.717) is 10.9 Å². The van der Waals surface area contributed by atoms with Crippen LogP contribution in [0.15, 0.2) is 53.9 Å². The van der Waals surface area contributed by atoms with Crippen molar-refractivity contribution in [2.24, 2.45) is 0 Å². The molecular weight excluding hydrogens is 384 g/mol. The highest BCUT2D eigenvalue weighted by atomic mass is 32.1. The molecule has 0 unspecified atom stereocenters. The minimum Gasteiger partial charge on any atom is -0.491 e. The molecule has 1 aromatic heterocycles. The number of amides is 1. The SMILES string of the molecule is CCCc1ccc(OCC(=O)Nc2nc(-c3ccc(OC(C)C)cc3)cs2)cc1. The molecule has 5 nitrogen and oxygen atoms in total. The highest BCUT2D eigenvalue weighted by Crippen LogP contribution is 2.26. The van der Waals surface area contributed by atoms with Gasteiger partial charge >= 0.3 is 0 Å². The summed E-state index contributed by atoms with van der Waals surface area (Å²) in [5.41, 5.74) is 3.05. The predicted octanol–water partition coefficient (Wildman–Crippen LogP) is 5.57. The summed E-state index contributed by atoms with van der Waals surface area (Å²) in [7, 11) is 0. The number of hydrogen-bond donors (Lipinski definition) is 1. The largest absolute Gasteiger partial charge is 0.491 e. The van der Waals surface area contributed by atoms with Crippen molar-refractivity contribution in [3.8, 4) is 22.8 Å². The lowest BCUT2D eigenvalue weighted by atomic mass is 10.1. The Hall–Kier alpha value is -2.86. The second-order valence-electron chi connectivity index (χ2n) is 6.96. The van der Waals surface area contributed by atoms with Crippen LogP contribution in [0.25, 0.3) is 11.3 Å².